The molecule has 2 aromatic carbocycles. The molecule has 28 heavy (non-hydrogen) atoms. The Kier molecular flexibility index (Phi) is 5.95. The highest BCUT2D eigenvalue weighted by Crippen LogP contribution is 2.17. The van der Waals surface area contributed by atoms with Gasteiger partial charge in [-0.25, -0.2) is 9.18 Å². The van der Waals surface area contributed by atoms with Crippen LogP contribution in [0.25, 0.3) is 0 Å². The lowest BCUT2D eigenvalue weighted by Crippen LogP contribution is -2.28. The summed E-state index contributed by atoms with van der Waals surface area (Å²) in [5, 5.41) is 16.5. The smallest absolute Gasteiger partial charge is 0.319 e. The van der Waals surface area contributed by atoms with Gasteiger partial charge in [0.25, 0.3) is 5.91 Å². The Bertz CT molecular complexity index is 1000. The first kappa shape index (κ1) is 19.4. The molecule has 9 heteroatoms. The Morgan fingerprint density at radius 2 is 1.79 bits per heavy atom. The number of anilines is 2. The number of benzene rings is 2. The number of urea groups is 1. The third kappa shape index (κ3) is 5.10. The van der Waals surface area contributed by atoms with E-state index in [0.29, 0.717) is 10.7 Å². The molecule has 3 aromatic rings. The van der Waals surface area contributed by atoms with Crippen LogP contribution in [0.1, 0.15) is 25.9 Å². The van der Waals surface area contributed by atoms with Crippen LogP contribution in [-0.2, 0) is 6.54 Å². The lowest BCUT2D eigenvalue weighted by Gasteiger charge is -2.09. The molecule has 7 nitrogen and oxygen atoms in total. The number of amides is 3. The number of halogens is 1. The van der Waals surface area contributed by atoms with Crippen LogP contribution in [0.3, 0.4) is 0 Å². The van der Waals surface area contributed by atoms with E-state index in [0.717, 1.165) is 28.2 Å². The SMILES string of the molecule is Cc1ccc(C)c(NC(=O)NCc2nnc(C(=O)Nc3ccc(F)cc3)s2)c1. The number of carbonyl (C=O) groups excluding carboxylic acids is 2. The molecular weight excluding hydrogens is 381 g/mol. The summed E-state index contributed by atoms with van der Waals surface area (Å²) >= 11 is 1.07. The maximum atomic E-state index is 12.9. The average molecular weight is 399 g/mol. The van der Waals surface area contributed by atoms with Crippen molar-refractivity contribution in [1.29, 1.82) is 0 Å². The number of nitrogens with zero attached hydrogens (tertiary/aromatic N) is 2. The minimum atomic E-state index is -0.449. The van der Waals surface area contributed by atoms with Crippen molar-refractivity contribution in [3.8, 4) is 0 Å². The molecule has 1 heterocycles. The van der Waals surface area contributed by atoms with Crippen LogP contribution in [0.15, 0.2) is 42.5 Å². The van der Waals surface area contributed by atoms with E-state index in [9.17, 15) is 14.0 Å². The van der Waals surface area contributed by atoms with E-state index in [2.05, 4.69) is 26.1 Å². The first-order valence-electron chi connectivity index (χ1n) is 8.42. The van der Waals surface area contributed by atoms with Crippen molar-refractivity contribution < 1.29 is 14.0 Å². The maximum Gasteiger partial charge on any atom is 0.319 e. The predicted molar refractivity (Wildman–Crippen MR) is 106 cm³/mol. The number of aromatic nitrogens is 2. The largest absolute Gasteiger partial charge is 0.331 e. The summed E-state index contributed by atoms with van der Waals surface area (Å²) in [6.07, 6.45) is 0. The molecule has 1 aromatic heterocycles. The van der Waals surface area contributed by atoms with E-state index in [1.54, 1.807) is 0 Å². The van der Waals surface area contributed by atoms with Gasteiger partial charge in [-0.05, 0) is 55.3 Å². The zero-order valence-electron chi connectivity index (χ0n) is 15.2. The number of carbonyl (C=O) groups is 2. The van der Waals surface area contributed by atoms with Crippen molar-refractivity contribution in [2.24, 2.45) is 0 Å². The molecule has 0 atom stereocenters. The van der Waals surface area contributed by atoms with Crippen LogP contribution in [0.4, 0.5) is 20.6 Å². The molecule has 0 aliphatic heterocycles. The van der Waals surface area contributed by atoms with Gasteiger partial charge in [-0.2, -0.15) is 0 Å². The molecular formula is C19H18FN5O2S. The molecule has 3 amide bonds. The lowest BCUT2D eigenvalue weighted by molar-refractivity contribution is 0.102. The Hall–Kier alpha value is -3.33. The van der Waals surface area contributed by atoms with Crippen molar-refractivity contribution >= 4 is 34.6 Å². The summed E-state index contributed by atoms with van der Waals surface area (Å²) in [6.45, 7) is 3.99. The quantitative estimate of drug-likeness (QED) is 0.607. The zero-order valence-corrected chi connectivity index (χ0v) is 16.1. The number of rotatable bonds is 5. The first-order chi connectivity index (χ1) is 13.4. The topological polar surface area (TPSA) is 96.0 Å². The van der Waals surface area contributed by atoms with Crippen LogP contribution >= 0.6 is 11.3 Å². The van der Waals surface area contributed by atoms with Crippen LogP contribution < -0.4 is 16.0 Å². The predicted octanol–water partition coefficient (Wildman–Crippen LogP) is 3.87. The third-order valence-corrected chi connectivity index (χ3v) is 4.73. The average Bonchev–Trinajstić information content (AvgIpc) is 3.14. The second kappa shape index (κ2) is 8.57. The molecule has 3 rings (SSSR count). The highest BCUT2D eigenvalue weighted by Gasteiger charge is 2.14. The number of hydrogen-bond acceptors (Lipinski definition) is 5. The summed E-state index contributed by atoms with van der Waals surface area (Å²) in [5.41, 5.74) is 3.18. The van der Waals surface area contributed by atoms with Gasteiger partial charge in [0.2, 0.25) is 5.01 Å². The summed E-state index contributed by atoms with van der Waals surface area (Å²) in [6, 6.07) is 10.8. The van der Waals surface area contributed by atoms with Crippen molar-refractivity contribution in [2.45, 2.75) is 20.4 Å². The van der Waals surface area contributed by atoms with Gasteiger partial charge < -0.3 is 16.0 Å². The second-order valence-electron chi connectivity index (χ2n) is 6.09. The molecule has 0 aliphatic carbocycles. The third-order valence-electron chi connectivity index (χ3n) is 3.80. The Morgan fingerprint density at radius 3 is 2.54 bits per heavy atom. The van der Waals surface area contributed by atoms with Crippen LogP contribution in [0.2, 0.25) is 0 Å². The molecule has 0 saturated carbocycles. The summed E-state index contributed by atoms with van der Waals surface area (Å²) in [4.78, 5) is 24.2. The van der Waals surface area contributed by atoms with E-state index < -0.39 is 5.91 Å². The Labute approximate surface area is 165 Å². The normalized spacial score (nSPS) is 10.4. The highest BCUT2D eigenvalue weighted by atomic mass is 32.1. The fraction of sp³-hybridized carbons (Fsp3) is 0.158. The molecule has 0 unspecified atom stereocenters. The van der Waals surface area contributed by atoms with E-state index in [1.165, 1.54) is 24.3 Å². The first-order valence-corrected chi connectivity index (χ1v) is 9.24. The fourth-order valence-electron chi connectivity index (χ4n) is 2.33. The van der Waals surface area contributed by atoms with Gasteiger partial charge in [0.1, 0.15) is 10.8 Å². The van der Waals surface area contributed by atoms with Crippen LogP contribution in [-0.4, -0.2) is 22.1 Å². The van der Waals surface area contributed by atoms with Gasteiger partial charge in [-0.15, -0.1) is 10.2 Å². The van der Waals surface area contributed by atoms with Crippen molar-refractivity contribution in [2.75, 3.05) is 10.6 Å². The molecule has 0 fully saturated rings. The standard InChI is InChI=1S/C19H18FN5O2S/c1-11-3-4-12(2)15(9-11)23-19(27)21-10-16-24-25-18(28-16)17(26)22-14-7-5-13(20)6-8-14/h3-9H,10H2,1-2H3,(H,22,26)(H2,21,23,27). The zero-order chi connectivity index (χ0) is 20.1. The van der Waals surface area contributed by atoms with Crippen molar-refractivity contribution in [3.05, 3.63) is 69.4 Å². The minimum absolute atomic E-state index is 0.137. The molecule has 0 saturated heterocycles. The molecule has 3 N–H and O–H groups in total. The second-order valence-corrected chi connectivity index (χ2v) is 7.15. The van der Waals surface area contributed by atoms with Gasteiger partial charge in [0, 0.05) is 11.4 Å². The van der Waals surface area contributed by atoms with Gasteiger partial charge in [-0.1, -0.05) is 23.5 Å². The van der Waals surface area contributed by atoms with Gasteiger partial charge in [0.05, 0.1) is 6.54 Å². The van der Waals surface area contributed by atoms with E-state index >= 15 is 0 Å². The lowest BCUT2D eigenvalue weighted by atomic mass is 10.1. The van der Waals surface area contributed by atoms with Crippen LogP contribution in [0.5, 0.6) is 0 Å². The maximum absolute atomic E-state index is 12.9. The summed E-state index contributed by atoms with van der Waals surface area (Å²) < 4.78 is 12.9. The van der Waals surface area contributed by atoms with Gasteiger partial charge in [0.15, 0.2) is 0 Å². The van der Waals surface area contributed by atoms with Gasteiger partial charge in [-0.3, -0.25) is 4.79 Å². The van der Waals surface area contributed by atoms with E-state index in [1.807, 2.05) is 32.0 Å². The molecule has 0 spiro atoms. The molecule has 144 valence electrons. The Morgan fingerprint density at radius 1 is 1.04 bits per heavy atom. The van der Waals surface area contributed by atoms with Crippen molar-refractivity contribution in [3.63, 3.8) is 0 Å². The highest BCUT2D eigenvalue weighted by molar-refractivity contribution is 7.13. The van der Waals surface area contributed by atoms with Crippen LogP contribution in [0, 0.1) is 19.7 Å². The molecule has 0 aliphatic rings. The number of aryl methyl sites for hydroxylation is 2. The van der Waals surface area contributed by atoms with E-state index in [4.69, 9.17) is 0 Å². The number of hydrogen-bond donors (Lipinski definition) is 3. The van der Waals surface area contributed by atoms with Gasteiger partial charge >= 0.3 is 6.03 Å². The summed E-state index contributed by atoms with van der Waals surface area (Å²) in [7, 11) is 0. The number of nitrogens with one attached hydrogen (secondary N) is 3. The summed E-state index contributed by atoms with van der Waals surface area (Å²) in [5.74, 6) is -0.836. The van der Waals surface area contributed by atoms with E-state index in [-0.39, 0.29) is 23.4 Å². The fourth-order valence-corrected chi connectivity index (χ4v) is 3.00. The van der Waals surface area contributed by atoms with Crippen molar-refractivity contribution in [1.82, 2.24) is 15.5 Å². The monoisotopic (exact) mass is 399 g/mol. The molecule has 0 bridgehead atoms. The molecule has 0 radical (unpaired) electrons. The Balaban J connectivity index is 1.54. The minimum Gasteiger partial charge on any atom is -0.331 e.